The van der Waals surface area contributed by atoms with E-state index in [2.05, 4.69) is 36.1 Å². The molecular weight excluding hydrogens is 410 g/mol. The van der Waals surface area contributed by atoms with Crippen LogP contribution >= 0.6 is 23.1 Å². The molecule has 0 aliphatic rings. The van der Waals surface area contributed by atoms with Crippen LogP contribution in [0.5, 0.6) is 11.5 Å². The van der Waals surface area contributed by atoms with E-state index < -0.39 is 0 Å². The molecule has 0 atom stereocenters. The van der Waals surface area contributed by atoms with E-state index in [0.717, 1.165) is 16.4 Å². The number of nitrogens with one attached hydrogen (secondary N) is 1. The number of carbonyl (C=O) groups excluding carboxylic acids is 1. The van der Waals surface area contributed by atoms with Gasteiger partial charge in [-0.25, -0.2) is 9.97 Å². The molecule has 0 fully saturated rings. The molecule has 0 saturated carbocycles. The van der Waals surface area contributed by atoms with Gasteiger partial charge in [0.05, 0.1) is 22.4 Å². The number of ether oxygens (including phenoxy) is 1. The van der Waals surface area contributed by atoms with Gasteiger partial charge in [-0.3, -0.25) is 10.1 Å². The molecule has 7 nitrogen and oxygen atoms in total. The van der Waals surface area contributed by atoms with E-state index >= 15 is 0 Å². The molecule has 0 unspecified atom stereocenters. The third-order valence-corrected chi connectivity index (χ3v) is 5.67. The average molecular weight is 434 g/mol. The fourth-order valence-electron chi connectivity index (χ4n) is 2.38. The van der Waals surface area contributed by atoms with Gasteiger partial charge in [0.25, 0.3) is 5.91 Å². The summed E-state index contributed by atoms with van der Waals surface area (Å²) in [5.41, 5.74) is 0.153. The van der Waals surface area contributed by atoms with Crippen molar-refractivity contribution in [2.24, 2.45) is 5.41 Å². The van der Waals surface area contributed by atoms with E-state index in [-0.39, 0.29) is 23.7 Å². The average Bonchev–Trinajstić information content (AvgIpc) is 3.27. The Morgan fingerprint density at radius 3 is 2.72 bits per heavy atom. The van der Waals surface area contributed by atoms with Gasteiger partial charge in [0, 0.05) is 6.42 Å². The fourth-order valence-corrected chi connectivity index (χ4v) is 4.12. The van der Waals surface area contributed by atoms with Gasteiger partial charge in [0.2, 0.25) is 5.89 Å². The summed E-state index contributed by atoms with van der Waals surface area (Å²) >= 11 is 2.94. The van der Waals surface area contributed by atoms with Crippen molar-refractivity contribution in [2.75, 3.05) is 11.9 Å². The van der Waals surface area contributed by atoms with Gasteiger partial charge in [-0.15, -0.1) is 11.8 Å². The first-order chi connectivity index (χ1) is 13.8. The van der Waals surface area contributed by atoms with E-state index in [1.165, 1.54) is 23.5 Å². The smallest absolute Gasteiger partial charge is 0.264 e. The van der Waals surface area contributed by atoms with Crippen molar-refractivity contribution in [2.45, 2.75) is 37.2 Å². The third-order valence-electron chi connectivity index (χ3n) is 3.58. The highest BCUT2D eigenvalue weighted by Crippen LogP contribution is 2.31. The minimum Gasteiger partial charge on any atom is -0.508 e. The highest BCUT2D eigenvalue weighted by Gasteiger charge is 2.15. The van der Waals surface area contributed by atoms with Crippen LogP contribution in [0.2, 0.25) is 0 Å². The molecule has 154 valence electrons. The van der Waals surface area contributed by atoms with Crippen LogP contribution in [0.3, 0.4) is 0 Å². The zero-order valence-corrected chi connectivity index (χ0v) is 18.1. The van der Waals surface area contributed by atoms with Crippen molar-refractivity contribution in [1.82, 2.24) is 9.97 Å². The first kappa shape index (κ1) is 21.2. The Morgan fingerprint density at radius 1 is 1.24 bits per heavy atom. The van der Waals surface area contributed by atoms with E-state index in [4.69, 9.17) is 9.15 Å². The molecule has 3 aromatic rings. The summed E-state index contributed by atoms with van der Waals surface area (Å²) in [6, 6.07) is 6.18. The maximum absolute atomic E-state index is 12.0. The first-order valence-corrected chi connectivity index (χ1v) is 10.8. The number of phenols is 1. The molecule has 3 rings (SSSR count). The Labute approximate surface area is 177 Å². The van der Waals surface area contributed by atoms with Gasteiger partial charge in [-0.1, -0.05) is 32.1 Å². The van der Waals surface area contributed by atoms with E-state index in [9.17, 15) is 9.90 Å². The van der Waals surface area contributed by atoms with Crippen LogP contribution in [-0.4, -0.2) is 27.6 Å². The number of rotatable bonds is 8. The highest BCUT2D eigenvalue weighted by molar-refractivity contribution is 8.00. The number of thioether (sulfide) groups is 1. The number of aromatic nitrogens is 2. The van der Waals surface area contributed by atoms with Crippen LogP contribution in [0, 0.1) is 5.41 Å². The summed E-state index contributed by atoms with van der Waals surface area (Å²) in [5, 5.41) is 12.5. The van der Waals surface area contributed by atoms with Crippen LogP contribution < -0.4 is 10.1 Å². The van der Waals surface area contributed by atoms with Gasteiger partial charge < -0.3 is 14.3 Å². The van der Waals surface area contributed by atoms with Gasteiger partial charge in [-0.2, -0.15) is 0 Å². The molecule has 1 aromatic carbocycles. The van der Waals surface area contributed by atoms with Crippen LogP contribution in [-0.2, 0) is 17.0 Å². The number of amides is 1. The molecule has 0 saturated heterocycles. The van der Waals surface area contributed by atoms with Crippen molar-refractivity contribution in [3.05, 3.63) is 48.3 Å². The number of anilines is 1. The predicted molar refractivity (Wildman–Crippen MR) is 114 cm³/mol. The molecular formula is C20H23N3O4S2. The second kappa shape index (κ2) is 9.32. The van der Waals surface area contributed by atoms with Gasteiger partial charge in [-0.05, 0) is 29.7 Å². The number of phenolic OH excluding ortho intramolecular Hbond substituents is 1. The van der Waals surface area contributed by atoms with Crippen molar-refractivity contribution in [1.29, 1.82) is 0 Å². The van der Waals surface area contributed by atoms with Gasteiger partial charge in [0.15, 0.2) is 11.7 Å². The summed E-state index contributed by atoms with van der Waals surface area (Å²) in [5.74, 6) is 2.51. The van der Waals surface area contributed by atoms with Crippen molar-refractivity contribution in [3.8, 4) is 11.5 Å². The van der Waals surface area contributed by atoms with Crippen molar-refractivity contribution >= 4 is 34.1 Å². The minimum absolute atomic E-state index is 0.139. The number of thiazole rings is 1. The Morgan fingerprint density at radius 2 is 2.00 bits per heavy atom. The van der Waals surface area contributed by atoms with Crippen LogP contribution in [0.4, 0.5) is 5.13 Å². The molecule has 0 bridgehead atoms. The summed E-state index contributed by atoms with van der Waals surface area (Å²) in [6.07, 6.45) is 4.34. The van der Waals surface area contributed by atoms with Crippen molar-refractivity contribution in [3.63, 3.8) is 0 Å². The normalized spacial score (nSPS) is 11.4. The fraction of sp³-hybridized carbons (Fsp3) is 0.350. The van der Waals surface area contributed by atoms with Gasteiger partial charge in [0.1, 0.15) is 17.3 Å². The zero-order valence-electron chi connectivity index (χ0n) is 16.5. The lowest BCUT2D eigenvalue weighted by Crippen LogP contribution is -2.19. The maximum Gasteiger partial charge on any atom is 0.264 e. The Balaban J connectivity index is 1.44. The maximum atomic E-state index is 12.0. The molecule has 2 heterocycles. The molecule has 0 spiro atoms. The summed E-state index contributed by atoms with van der Waals surface area (Å²) in [4.78, 5) is 20.5. The number of oxazole rings is 1. The van der Waals surface area contributed by atoms with Crippen LogP contribution in [0.15, 0.2) is 45.3 Å². The van der Waals surface area contributed by atoms with E-state index in [1.807, 2.05) is 0 Å². The lowest BCUT2D eigenvalue weighted by atomic mass is 9.91. The number of benzene rings is 1. The van der Waals surface area contributed by atoms with E-state index in [0.29, 0.717) is 22.5 Å². The monoisotopic (exact) mass is 433 g/mol. The zero-order chi connectivity index (χ0) is 20.9. The topological polar surface area (TPSA) is 97.5 Å². The van der Waals surface area contributed by atoms with Crippen LogP contribution in [0.25, 0.3) is 0 Å². The molecule has 0 aliphatic heterocycles. The van der Waals surface area contributed by atoms with E-state index in [1.54, 1.807) is 36.3 Å². The van der Waals surface area contributed by atoms with Crippen molar-refractivity contribution < 1.29 is 19.1 Å². The number of hydrogen-bond acceptors (Lipinski definition) is 8. The predicted octanol–water partition coefficient (Wildman–Crippen LogP) is 4.74. The Hall–Kier alpha value is -2.52. The highest BCUT2D eigenvalue weighted by atomic mass is 32.2. The number of nitrogens with zero attached hydrogens (tertiary/aromatic N) is 2. The SMILES string of the molecule is CC(C)(C)Cc1cnc(CSc2cnc(NC(=O)COc3ccc(O)cc3)s2)o1. The molecule has 2 N–H and O–H groups in total. The van der Waals surface area contributed by atoms with Gasteiger partial charge >= 0.3 is 0 Å². The second-order valence-corrected chi connectivity index (χ2v) is 9.87. The lowest BCUT2D eigenvalue weighted by Gasteiger charge is -2.15. The number of hydrogen-bond donors (Lipinski definition) is 2. The third kappa shape index (κ3) is 7.10. The quantitative estimate of drug-likeness (QED) is 0.495. The molecule has 1 amide bonds. The molecule has 0 aliphatic carbocycles. The van der Waals surface area contributed by atoms with Crippen LogP contribution in [0.1, 0.15) is 32.4 Å². The number of aromatic hydroxyl groups is 1. The summed E-state index contributed by atoms with van der Waals surface area (Å²) < 4.78 is 12.1. The Bertz CT molecular complexity index is 945. The first-order valence-electron chi connectivity index (χ1n) is 9.01. The molecule has 2 aromatic heterocycles. The molecule has 29 heavy (non-hydrogen) atoms. The summed E-state index contributed by atoms with van der Waals surface area (Å²) in [6.45, 7) is 6.34. The number of carbonyl (C=O) groups is 1. The Kier molecular flexibility index (Phi) is 6.81. The molecule has 9 heteroatoms. The standard InChI is InChI=1S/C20H23N3O4S2/c1-20(2,3)8-15-9-21-17(27-15)12-28-18-10-22-19(29-18)23-16(25)11-26-14-6-4-13(24)5-7-14/h4-7,9-10,24H,8,11-12H2,1-3H3,(H,22,23,25). The lowest BCUT2D eigenvalue weighted by molar-refractivity contribution is -0.118. The largest absolute Gasteiger partial charge is 0.508 e. The summed E-state index contributed by atoms with van der Waals surface area (Å²) in [7, 11) is 0. The minimum atomic E-state index is -0.302. The second-order valence-electron chi connectivity index (χ2n) is 7.56. The molecule has 0 radical (unpaired) electrons.